The van der Waals surface area contributed by atoms with Gasteiger partial charge in [-0.05, 0) is 67.7 Å². The lowest BCUT2D eigenvalue weighted by Crippen LogP contribution is -2.34. The number of benzene rings is 2. The van der Waals surface area contributed by atoms with Crippen LogP contribution in [0, 0.1) is 35.1 Å². The summed E-state index contributed by atoms with van der Waals surface area (Å²) in [4.78, 5) is 0. The van der Waals surface area contributed by atoms with Crippen LogP contribution in [0.4, 0.5) is 26.3 Å². The molecule has 0 atom stereocenters. The average molecular weight is 499 g/mol. The van der Waals surface area contributed by atoms with Crippen LogP contribution in [-0.4, -0.2) is 13.2 Å². The molecule has 1 aliphatic carbocycles. The van der Waals surface area contributed by atoms with Gasteiger partial charge in [-0.1, -0.05) is 19.1 Å². The summed E-state index contributed by atoms with van der Waals surface area (Å²) in [6.45, 7) is 2.40. The highest BCUT2D eigenvalue weighted by molar-refractivity contribution is 5.61. The Morgan fingerprint density at radius 2 is 1.46 bits per heavy atom. The van der Waals surface area contributed by atoms with Gasteiger partial charge in [0, 0.05) is 23.5 Å². The molecular weight excluding hydrogens is 470 g/mol. The van der Waals surface area contributed by atoms with E-state index >= 15 is 0 Å². The van der Waals surface area contributed by atoms with Gasteiger partial charge in [0.05, 0.1) is 13.2 Å². The van der Waals surface area contributed by atoms with Gasteiger partial charge in [0.15, 0.2) is 29.6 Å². The van der Waals surface area contributed by atoms with Gasteiger partial charge in [0.1, 0.15) is 11.6 Å². The van der Waals surface area contributed by atoms with Gasteiger partial charge in [-0.3, -0.25) is 0 Å². The van der Waals surface area contributed by atoms with Crippen molar-refractivity contribution in [2.75, 3.05) is 13.2 Å². The fourth-order valence-corrected chi connectivity index (χ4v) is 5.08. The summed E-state index contributed by atoms with van der Waals surface area (Å²) in [6.07, 6.45) is 2.57. The van der Waals surface area contributed by atoms with E-state index in [-0.39, 0.29) is 35.3 Å². The molecule has 0 spiro atoms. The van der Waals surface area contributed by atoms with Crippen molar-refractivity contribution >= 4 is 5.83 Å². The normalized spacial score (nSPS) is 25.9. The minimum Gasteiger partial charge on any atom is -0.348 e. The summed E-state index contributed by atoms with van der Waals surface area (Å²) in [6, 6.07) is 5.78. The SMILES string of the molecule is CCCC(F)=C(F)c1ccc(C2CCC(C3COC(c4cc(F)c(F)c(F)c4)OC3)CC2)c(F)c1. The molecule has 2 aromatic rings. The minimum atomic E-state index is -1.53. The Morgan fingerprint density at radius 3 is 2.03 bits per heavy atom. The van der Waals surface area contributed by atoms with Crippen LogP contribution in [0.1, 0.15) is 74.3 Å². The first-order valence-corrected chi connectivity index (χ1v) is 12.0. The quantitative estimate of drug-likeness (QED) is 0.295. The predicted octanol–water partition coefficient (Wildman–Crippen LogP) is 8.29. The molecule has 1 aliphatic heterocycles. The van der Waals surface area contributed by atoms with Crippen LogP contribution >= 0.6 is 0 Å². The van der Waals surface area contributed by atoms with Crippen molar-refractivity contribution in [1.29, 1.82) is 0 Å². The van der Waals surface area contributed by atoms with Gasteiger partial charge < -0.3 is 9.47 Å². The van der Waals surface area contributed by atoms with Crippen molar-refractivity contribution in [1.82, 2.24) is 0 Å². The number of ether oxygens (including phenoxy) is 2. The van der Waals surface area contributed by atoms with Crippen molar-refractivity contribution < 1.29 is 35.8 Å². The van der Waals surface area contributed by atoms with E-state index < -0.39 is 41.2 Å². The number of rotatable bonds is 6. The van der Waals surface area contributed by atoms with E-state index in [9.17, 15) is 26.3 Å². The number of allylic oxidation sites excluding steroid dienone is 1. The zero-order chi connectivity index (χ0) is 25.1. The lowest BCUT2D eigenvalue weighted by atomic mass is 9.74. The van der Waals surface area contributed by atoms with Crippen LogP contribution in [0.3, 0.4) is 0 Å². The third-order valence-corrected chi connectivity index (χ3v) is 7.04. The Morgan fingerprint density at radius 1 is 0.829 bits per heavy atom. The van der Waals surface area contributed by atoms with E-state index in [1.807, 2.05) is 0 Å². The van der Waals surface area contributed by atoms with Crippen molar-refractivity contribution in [2.45, 2.75) is 57.7 Å². The standard InChI is InChI=1S/C27H28F6O2/c1-2-3-21(28)25(32)17-8-9-20(22(29)10-17)16-6-4-15(5-7-16)19-13-34-27(35-14-19)18-11-23(30)26(33)24(31)12-18/h8-12,15-16,19,27H,2-7,13-14H2,1H3. The molecule has 35 heavy (non-hydrogen) atoms. The summed E-state index contributed by atoms with van der Waals surface area (Å²) in [5, 5.41) is 0. The highest BCUT2D eigenvalue weighted by Crippen LogP contribution is 2.42. The molecule has 1 saturated carbocycles. The van der Waals surface area contributed by atoms with Crippen molar-refractivity contribution in [2.24, 2.45) is 11.8 Å². The van der Waals surface area contributed by atoms with Gasteiger partial charge in [-0.2, -0.15) is 0 Å². The third kappa shape index (κ3) is 5.75. The van der Waals surface area contributed by atoms with Crippen LogP contribution in [0.5, 0.6) is 0 Å². The molecule has 0 N–H and O–H groups in total. The Bertz CT molecular complexity index is 1050. The van der Waals surface area contributed by atoms with E-state index in [4.69, 9.17) is 9.47 Å². The lowest BCUT2D eigenvalue weighted by molar-refractivity contribution is -0.214. The largest absolute Gasteiger partial charge is 0.348 e. The lowest BCUT2D eigenvalue weighted by Gasteiger charge is -2.38. The van der Waals surface area contributed by atoms with Crippen molar-refractivity contribution in [3.05, 3.63) is 76.1 Å². The van der Waals surface area contributed by atoms with Crippen LogP contribution in [0.25, 0.3) is 5.83 Å². The van der Waals surface area contributed by atoms with E-state index in [1.54, 1.807) is 13.0 Å². The minimum absolute atomic E-state index is 0.0174. The van der Waals surface area contributed by atoms with Crippen LogP contribution in [0.15, 0.2) is 36.2 Å². The molecule has 2 aromatic carbocycles. The maximum atomic E-state index is 14.8. The molecule has 1 heterocycles. The molecule has 0 bridgehead atoms. The number of halogens is 6. The zero-order valence-electron chi connectivity index (χ0n) is 19.4. The summed E-state index contributed by atoms with van der Waals surface area (Å²) in [5.41, 5.74) is 0.508. The van der Waals surface area contributed by atoms with Gasteiger partial charge in [0.2, 0.25) is 0 Å². The third-order valence-electron chi connectivity index (χ3n) is 7.04. The summed E-state index contributed by atoms with van der Waals surface area (Å²) in [7, 11) is 0. The monoisotopic (exact) mass is 498 g/mol. The van der Waals surface area contributed by atoms with E-state index in [0.717, 1.165) is 43.9 Å². The molecule has 1 saturated heterocycles. The van der Waals surface area contributed by atoms with Crippen LogP contribution < -0.4 is 0 Å². The first kappa shape index (κ1) is 25.8. The molecular formula is C27H28F6O2. The predicted molar refractivity (Wildman–Crippen MR) is 120 cm³/mol. The second kappa shape index (κ2) is 11.2. The summed E-state index contributed by atoms with van der Waals surface area (Å²) < 4.78 is 94.3. The number of hydrogen-bond donors (Lipinski definition) is 0. The van der Waals surface area contributed by atoms with Gasteiger partial charge in [-0.15, -0.1) is 0 Å². The van der Waals surface area contributed by atoms with Gasteiger partial charge >= 0.3 is 0 Å². The molecule has 4 rings (SSSR count). The highest BCUT2D eigenvalue weighted by Gasteiger charge is 2.34. The molecule has 2 fully saturated rings. The van der Waals surface area contributed by atoms with Gasteiger partial charge in [0.25, 0.3) is 0 Å². The molecule has 8 heteroatoms. The fourth-order valence-electron chi connectivity index (χ4n) is 5.08. The average Bonchev–Trinajstić information content (AvgIpc) is 2.87. The highest BCUT2D eigenvalue weighted by atomic mass is 19.2. The topological polar surface area (TPSA) is 18.5 Å². The Hall–Kier alpha value is -2.32. The summed E-state index contributed by atoms with van der Waals surface area (Å²) in [5.74, 6) is -6.19. The van der Waals surface area contributed by atoms with Crippen molar-refractivity contribution in [3.63, 3.8) is 0 Å². The summed E-state index contributed by atoms with van der Waals surface area (Å²) >= 11 is 0. The van der Waals surface area contributed by atoms with Gasteiger partial charge in [-0.25, -0.2) is 26.3 Å². The van der Waals surface area contributed by atoms with Crippen molar-refractivity contribution in [3.8, 4) is 0 Å². The Balaban J connectivity index is 1.32. The first-order valence-electron chi connectivity index (χ1n) is 12.0. The molecule has 0 amide bonds. The second-order valence-corrected chi connectivity index (χ2v) is 9.37. The number of hydrogen-bond acceptors (Lipinski definition) is 2. The van der Waals surface area contributed by atoms with E-state index in [0.29, 0.717) is 25.2 Å². The second-order valence-electron chi connectivity index (χ2n) is 9.37. The Labute approximate surface area is 200 Å². The first-order chi connectivity index (χ1) is 16.8. The fraction of sp³-hybridized carbons (Fsp3) is 0.481. The van der Waals surface area contributed by atoms with E-state index in [1.165, 1.54) is 6.07 Å². The zero-order valence-corrected chi connectivity index (χ0v) is 19.4. The van der Waals surface area contributed by atoms with Crippen LogP contribution in [0.2, 0.25) is 0 Å². The molecule has 2 aliphatic rings. The molecule has 190 valence electrons. The molecule has 0 unspecified atom stereocenters. The maximum Gasteiger partial charge on any atom is 0.194 e. The molecule has 0 radical (unpaired) electrons. The molecule has 2 nitrogen and oxygen atoms in total. The maximum absolute atomic E-state index is 14.8. The smallest absolute Gasteiger partial charge is 0.194 e. The Kier molecular flexibility index (Phi) is 8.22. The van der Waals surface area contributed by atoms with E-state index in [2.05, 4.69) is 0 Å². The van der Waals surface area contributed by atoms with Crippen LogP contribution in [-0.2, 0) is 9.47 Å². The molecule has 0 aromatic heterocycles.